The van der Waals surface area contributed by atoms with Crippen LogP contribution in [0.3, 0.4) is 0 Å². The van der Waals surface area contributed by atoms with Crippen LogP contribution in [-0.2, 0) is 29.6 Å². The molecule has 8 nitrogen and oxygen atoms in total. The van der Waals surface area contributed by atoms with Crippen molar-refractivity contribution in [1.82, 2.24) is 9.44 Å². The second kappa shape index (κ2) is 10.7. The number of rotatable bonds is 12. The summed E-state index contributed by atoms with van der Waals surface area (Å²) in [5.74, 6) is -0.769. The van der Waals surface area contributed by atoms with E-state index in [0.29, 0.717) is 12.8 Å². The van der Waals surface area contributed by atoms with E-state index in [4.69, 9.17) is 4.74 Å². The maximum absolute atomic E-state index is 12.2. The van der Waals surface area contributed by atoms with E-state index in [1.54, 1.807) is 19.1 Å². The quantitative estimate of drug-likeness (QED) is 0.389. The Morgan fingerprint density at radius 3 is 2.26 bits per heavy atom. The van der Waals surface area contributed by atoms with Crippen LogP contribution in [0, 0.1) is 6.92 Å². The lowest BCUT2D eigenvalue weighted by atomic mass is 10.1. The Balaban J connectivity index is 2.53. The number of hydrogen-bond acceptors (Lipinski definition) is 6. The average molecular weight is 421 g/mol. The van der Waals surface area contributed by atoms with Gasteiger partial charge in [-0.3, -0.25) is 4.79 Å². The minimum atomic E-state index is -3.59. The summed E-state index contributed by atoms with van der Waals surface area (Å²) in [7, 11) is -7.14. The summed E-state index contributed by atoms with van der Waals surface area (Å²) in [6, 6.07) is 5.54. The number of carbonyl (C=O) groups is 1. The van der Waals surface area contributed by atoms with Crippen molar-refractivity contribution >= 4 is 26.0 Å². The minimum absolute atomic E-state index is 0.140. The van der Waals surface area contributed by atoms with Crippen molar-refractivity contribution in [2.75, 3.05) is 18.9 Å². The maximum Gasteiger partial charge on any atom is 0.324 e. The number of carbonyl (C=O) groups excluding carboxylic acids is 1. The fraction of sp³-hybridized carbons (Fsp3) is 0.588. The van der Waals surface area contributed by atoms with E-state index in [1.165, 1.54) is 19.1 Å². The van der Waals surface area contributed by atoms with Gasteiger partial charge in [-0.15, -0.1) is 0 Å². The Bertz CT molecular complexity index is 804. The fourth-order valence-electron chi connectivity index (χ4n) is 2.25. The third-order valence-electron chi connectivity index (χ3n) is 3.82. The van der Waals surface area contributed by atoms with Crippen LogP contribution in [0.25, 0.3) is 0 Å². The molecule has 0 radical (unpaired) electrons. The zero-order valence-corrected chi connectivity index (χ0v) is 17.5. The Hall–Kier alpha value is -1.49. The van der Waals surface area contributed by atoms with E-state index in [-0.39, 0.29) is 30.2 Å². The first-order valence-electron chi connectivity index (χ1n) is 8.84. The standard InChI is InChI=1S/C17H28N2O6S2/c1-4-25-17(20)16(19-26(21,22)5-2)8-6-7-13-18-27(23,24)15-11-9-14(3)10-12-15/h9-12,16,18-19H,4-8,13H2,1-3H3. The molecule has 154 valence electrons. The van der Waals surface area contributed by atoms with Gasteiger partial charge in [-0.25, -0.2) is 26.3 Å². The van der Waals surface area contributed by atoms with E-state index in [1.807, 2.05) is 6.92 Å². The molecule has 1 atom stereocenters. The second-order valence-electron chi connectivity index (χ2n) is 6.03. The summed E-state index contributed by atoms with van der Waals surface area (Å²) in [5.41, 5.74) is 0.966. The topological polar surface area (TPSA) is 119 Å². The van der Waals surface area contributed by atoms with Gasteiger partial charge < -0.3 is 4.74 Å². The summed E-state index contributed by atoms with van der Waals surface area (Å²) >= 11 is 0. The highest BCUT2D eigenvalue weighted by atomic mass is 32.2. The predicted octanol–water partition coefficient (Wildman–Crippen LogP) is 1.31. The van der Waals surface area contributed by atoms with Crippen LogP contribution in [0.2, 0.25) is 0 Å². The van der Waals surface area contributed by atoms with Crippen LogP contribution in [0.15, 0.2) is 29.2 Å². The number of ether oxygens (including phenoxy) is 1. The molecular weight excluding hydrogens is 392 g/mol. The van der Waals surface area contributed by atoms with Crippen LogP contribution < -0.4 is 9.44 Å². The zero-order valence-electron chi connectivity index (χ0n) is 15.9. The van der Waals surface area contributed by atoms with Gasteiger partial charge in [0.2, 0.25) is 20.0 Å². The van der Waals surface area contributed by atoms with Crippen molar-refractivity contribution in [1.29, 1.82) is 0 Å². The monoisotopic (exact) mass is 420 g/mol. The lowest BCUT2D eigenvalue weighted by Gasteiger charge is -2.16. The summed E-state index contributed by atoms with van der Waals surface area (Å²) < 4.78 is 57.5. The molecule has 0 aromatic heterocycles. The van der Waals surface area contributed by atoms with Crippen molar-refractivity contribution in [3.8, 4) is 0 Å². The Morgan fingerprint density at radius 1 is 1.07 bits per heavy atom. The smallest absolute Gasteiger partial charge is 0.324 e. The number of esters is 1. The molecule has 0 aliphatic rings. The molecule has 0 aliphatic carbocycles. The molecule has 1 unspecified atom stereocenters. The molecule has 27 heavy (non-hydrogen) atoms. The van der Waals surface area contributed by atoms with Gasteiger partial charge in [0.15, 0.2) is 0 Å². The molecule has 0 amide bonds. The third-order valence-corrected chi connectivity index (χ3v) is 6.70. The van der Waals surface area contributed by atoms with Gasteiger partial charge in [0, 0.05) is 6.54 Å². The molecule has 1 rings (SSSR count). The fourth-order valence-corrected chi connectivity index (χ4v) is 4.14. The summed E-state index contributed by atoms with van der Waals surface area (Å²) in [6.07, 6.45) is 1.13. The van der Waals surface area contributed by atoms with E-state index in [2.05, 4.69) is 9.44 Å². The SMILES string of the molecule is CCOC(=O)C(CCCCNS(=O)(=O)c1ccc(C)cc1)NS(=O)(=O)CC. The van der Waals surface area contributed by atoms with Crippen molar-refractivity contribution in [3.63, 3.8) is 0 Å². The molecule has 0 aliphatic heterocycles. The van der Waals surface area contributed by atoms with Crippen LogP contribution >= 0.6 is 0 Å². The van der Waals surface area contributed by atoms with Crippen molar-refractivity contribution < 1.29 is 26.4 Å². The van der Waals surface area contributed by atoms with Crippen molar-refractivity contribution in [2.24, 2.45) is 0 Å². The summed E-state index contributed by atoms with van der Waals surface area (Å²) in [6.45, 7) is 5.33. The van der Waals surface area contributed by atoms with Gasteiger partial charge in [0.05, 0.1) is 17.3 Å². The first kappa shape index (κ1) is 23.5. The van der Waals surface area contributed by atoms with E-state index < -0.39 is 32.1 Å². The zero-order chi connectivity index (χ0) is 20.5. The number of sulfonamides is 2. The van der Waals surface area contributed by atoms with Gasteiger partial charge in [0.1, 0.15) is 6.04 Å². The molecule has 0 heterocycles. The predicted molar refractivity (Wildman–Crippen MR) is 103 cm³/mol. The van der Waals surface area contributed by atoms with Crippen LogP contribution in [0.5, 0.6) is 0 Å². The Kier molecular flexibility index (Phi) is 9.37. The molecule has 0 spiro atoms. The number of nitrogens with one attached hydrogen (secondary N) is 2. The normalized spacial score (nSPS) is 13.3. The van der Waals surface area contributed by atoms with Crippen LogP contribution in [-0.4, -0.2) is 47.8 Å². The van der Waals surface area contributed by atoms with Crippen LogP contribution in [0.4, 0.5) is 0 Å². The molecular formula is C17H28N2O6S2. The summed E-state index contributed by atoms with van der Waals surface area (Å²) in [5, 5.41) is 0. The first-order valence-corrected chi connectivity index (χ1v) is 12.0. The molecule has 0 saturated heterocycles. The Labute approximate surface area is 161 Å². The van der Waals surface area contributed by atoms with E-state index >= 15 is 0 Å². The molecule has 0 fully saturated rings. The van der Waals surface area contributed by atoms with Crippen LogP contribution in [0.1, 0.15) is 38.7 Å². The van der Waals surface area contributed by atoms with Crippen molar-refractivity contribution in [3.05, 3.63) is 29.8 Å². The molecule has 2 N–H and O–H groups in total. The number of benzene rings is 1. The average Bonchev–Trinajstić information content (AvgIpc) is 2.61. The first-order chi connectivity index (χ1) is 12.6. The molecule has 0 saturated carbocycles. The van der Waals surface area contributed by atoms with Gasteiger partial charge in [-0.05, 0) is 52.2 Å². The highest BCUT2D eigenvalue weighted by Gasteiger charge is 2.24. The van der Waals surface area contributed by atoms with Gasteiger partial charge in [-0.2, -0.15) is 0 Å². The minimum Gasteiger partial charge on any atom is -0.465 e. The third kappa shape index (κ3) is 8.37. The molecule has 0 bridgehead atoms. The highest BCUT2D eigenvalue weighted by molar-refractivity contribution is 7.89. The van der Waals surface area contributed by atoms with E-state index in [0.717, 1.165) is 5.56 Å². The summed E-state index contributed by atoms with van der Waals surface area (Å²) in [4.78, 5) is 12.1. The molecule has 1 aromatic rings. The molecule has 1 aromatic carbocycles. The number of hydrogen-bond donors (Lipinski definition) is 2. The lowest BCUT2D eigenvalue weighted by molar-refractivity contribution is -0.145. The Morgan fingerprint density at radius 2 is 1.70 bits per heavy atom. The lowest BCUT2D eigenvalue weighted by Crippen LogP contribution is -2.42. The van der Waals surface area contributed by atoms with E-state index in [9.17, 15) is 21.6 Å². The number of unbranched alkanes of at least 4 members (excludes halogenated alkanes) is 1. The second-order valence-corrected chi connectivity index (χ2v) is 9.84. The maximum atomic E-state index is 12.2. The molecule has 10 heteroatoms. The van der Waals surface area contributed by atoms with Gasteiger partial charge in [-0.1, -0.05) is 17.7 Å². The highest BCUT2D eigenvalue weighted by Crippen LogP contribution is 2.10. The van der Waals surface area contributed by atoms with Gasteiger partial charge in [0.25, 0.3) is 0 Å². The van der Waals surface area contributed by atoms with Gasteiger partial charge >= 0.3 is 5.97 Å². The van der Waals surface area contributed by atoms with Crippen molar-refractivity contribution in [2.45, 2.75) is 51.0 Å². The largest absolute Gasteiger partial charge is 0.465 e. The number of aryl methyl sites for hydroxylation is 1.